The van der Waals surface area contributed by atoms with Crippen LogP contribution in [0.4, 0.5) is 0 Å². The first kappa shape index (κ1) is 10.5. The Kier molecular flexibility index (Phi) is 2.28. The highest BCUT2D eigenvalue weighted by atomic mass is 35.7. The van der Waals surface area contributed by atoms with Crippen molar-refractivity contribution < 1.29 is 8.42 Å². The van der Waals surface area contributed by atoms with Gasteiger partial charge in [0.1, 0.15) is 4.90 Å². The quantitative estimate of drug-likeness (QED) is 0.722. The van der Waals surface area contributed by atoms with Crippen LogP contribution >= 0.6 is 10.7 Å². The maximum absolute atomic E-state index is 11.4. The summed E-state index contributed by atoms with van der Waals surface area (Å²) in [6, 6.07) is 5.10. The van der Waals surface area contributed by atoms with Crippen LogP contribution in [-0.2, 0) is 16.1 Å². The zero-order chi connectivity index (χ0) is 11.2. The van der Waals surface area contributed by atoms with Crippen molar-refractivity contribution in [2.24, 2.45) is 7.05 Å². The fourth-order valence-corrected chi connectivity index (χ4v) is 2.93. The highest BCUT2D eigenvalue weighted by Crippen LogP contribution is 2.28. The van der Waals surface area contributed by atoms with E-state index in [2.05, 4.69) is 0 Å². The topological polar surface area (TPSA) is 39.1 Å². The second kappa shape index (κ2) is 3.25. The highest BCUT2D eigenvalue weighted by Gasteiger charge is 2.17. The third kappa shape index (κ3) is 1.64. The van der Waals surface area contributed by atoms with E-state index >= 15 is 0 Å². The van der Waals surface area contributed by atoms with Gasteiger partial charge in [-0.05, 0) is 18.6 Å². The van der Waals surface area contributed by atoms with E-state index in [1.165, 1.54) is 6.07 Å². The molecule has 5 heteroatoms. The van der Waals surface area contributed by atoms with E-state index in [1.54, 1.807) is 17.7 Å². The molecule has 80 valence electrons. The Labute approximate surface area is 92.7 Å². The van der Waals surface area contributed by atoms with Gasteiger partial charge >= 0.3 is 0 Å². The maximum atomic E-state index is 11.4. The van der Waals surface area contributed by atoms with Gasteiger partial charge in [0.15, 0.2) is 0 Å². The number of fused-ring (bicyclic) bond motifs is 1. The van der Waals surface area contributed by atoms with E-state index in [4.69, 9.17) is 10.7 Å². The lowest BCUT2D eigenvalue weighted by molar-refractivity contribution is 0.610. The molecule has 0 radical (unpaired) electrons. The van der Waals surface area contributed by atoms with Gasteiger partial charge < -0.3 is 4.57 Å². The summed E-state index contributed by atoms with van der Waals surface area (Å²) in [4.78, 5) is 0.164. The van der Waals surface area contributed by atoms with E-state index in [9.17, 15) is 8.42 Å². The van der Waals surface area contributed by atoms with Gasteiger partial charge in [-0.1, -0.05) is 12.1 Å². The molecule has 0 amide bonds. The van der Waals surface area contributed by atoms with Gasteiger partial charge in [-0.15, -0.1) is 0 Å². The predicted octanol–water partition coefficient (Wildman–Crippen LogP) is 2.41. The van der Waals surface area contributed by atoms with Gasteiger partial charge in [-0.2, -0.15) is 0 Å². The summed E-state index contributed by atoms with van der Waals surface area (Å²) in [6.45, 7) is 1.94. The van der Waals surface area contributed by atoms with E-state index in [0.29, 0.717) is 5.52 Å². The Morgan fingerprint density at radius 3 is 2.60 bits per heavy atom. The third-order valence-corrected chi connectivity index (χ3v) is 3.78. The monoisotopic (exact) mass is 243 g/mol. The molecule has 0 fully saturated rings. The number of benzene rings is 1. The summed E-state index contributed by atoms with van der Waals surface area (Å²) in [5.41, 5.74) is 1.69. The zero-order valence-corrected chi connectivity index (χ0v) is 9.93. The number of nitrogens with zero attached hydrogens (tertiary/aromatic N) is 1. The van der Waals surface area contributed by atoms with Crippen molar-refractivity contribution in [1.82, 2.24) is 4.57 Å². The van der Waals surface area contributed by atoms with E-state index in [0.717, 1.165) is 10.9 Å². The molecule has 0 aliphatic rings. The number of rotatable bonds is 1. The van der Waals surface area contributed by atoms with Crippen molar-refractivity contribution >= 4 is 30.6 Å². The van der Waals surface area contributed by atoms with E-state index < -0.39 is 9.05 Å². The van der Waals surface area contributed by atoms with Crippen LogP contribution in [0.2, 0.25) is 0 Å². The Morgan fingerprint density at radius 2 is 2.00 bits per heavy atom. The lowest BCUT2D eigenvalue weighted by Gasteiger charge is -2.02. The Hall–Kier alpha value is -1.00. The normalized spacial score (nSPS) is 12.2. The molecule has 15 heavy (non-hydrogen) atoms. The summed E-state index contributed by atoms with van der Waals surface area (Å²) in [6.07, 6.45) is 1.89. The van der Waals surface area contributed by atoms with Crippen LogP contribution < -0.4 is 0 Å². The lowest BCUT2D eigenvalue weighted by atomic mass is 10.2. The number of halogens is 1. The fraction of sp³-hybridized carbons (Fsp3) is 0.200. The Bertz CT molecular complexity index is 628. The molecule has 0 bridgehead atoms. The molecule has 0 aliphatic heterocycles. The average molecular weight is 244 g/mol. The summed E-state index contributed by atoms with van der Waals surface area (Å²) in [5.74, 6) is 0. The molecule has 0 N–H and O–H groups in total. The van der Waals surface area contributed by atoms with E-state index in [-0.39, 0.29) is 4.90 Å². The molecule has 0 aliphatic carbocycles. The van der Waals surface area contributed by atoms with Crippen LogP contribution in [0.25, 0.3) is 10.9 Å². The van der Waals surface area contributed by atoms with Crippen molar-refractivity contribution in [3.05, 3.63) is 30.0 Å². The van der Waals surface area contributed by atoms with Crippen LogP contribution in [0.15, 0.2) is 29.3 Å². The first-order valence-corrected chi connectivity index (χ1v) is 6.71. The average Bonchev–Trinajstić information content (AvgIpc) is 2.41. The van der Waals surface area contributed by atoms with E-state index in [1.807, 2.05) is 19.2 Å². The maximum Gasteiger partial charge on any atom is 0.263 e. The van der Waals surface area contributed by atoms with Crippen LogP contribution in [0.1, 0.15) is 5.56 Å². The van der Waals surface area contributed by atoms with Gasteiger partial charge in [0.2, 0.25) is 0 Å². The highest BCUT2D eigenvalue weighted by molar-refractivity contribution is 8.14. The second-order valence-electron chi connectivity index (χ2n) is 3.51. The van der Waals surface area contributed by atoms with Gasteiger partial charge in [0, 0.05) is 29.3 Å². The van der Waals surface area contributed by atoms with Crippen LogP contribution in [0.3, 0.4) is 0 Å². The summed E-state index contributed by atoms with van der Waals surface area (Å²) in [7, 11) is 3.50. The molecule has 0 saturated heterocycles. The van der Waals surface area contributed by atoms with Crippen LogP contribution in [-0.4, -0.2) is 13.0 Å². The molecule has 0 unspecified atom stereocenters. The van der Waals surface area contributed by atoms with Crippen molar-refractivity contribution in [3.63, 3.8) is 0 Å². The summed E-state index contributed by atoms with van der Waals surface area (Å²) < 4.78 is 24.5. The van der Waals surface area contributed by atoms with Crippen molar-refractivity contribution in [3.8, 4) is 0 Å². The minimum atomic E-state index is -3.69. The zero-order valence-electron chi connectivity index (χ0n) is 8.36. The summed E-state index contributed by atoms with van der Waals surface area (Å²) in [5, 5.41) is 0.916. The molecule has 1 aromatic heterocycles. The van der Waals surface area contributed by atoms with Gasteiger partial charge in [0.25, 0.3) is 9.05 Å². The number of aryl methyl sites for hydroxylation is 2. The minimum absolute atomic E-state index is 0.164. The van der Waals surface area contributed by atoms with Crippen LogP contribution in [0, 0.1) is 6.92 Å². The molecule has 0 saturated carbocycles. The molecule has 0 spiro atoms. The van der Waals surface area contributed by atoms with Crippen molar-refractivity contribution in [2.75, 3.05) is 0 Å². The molecule has 2 rings (SSSR count). The Morgan fingerprint density at radius 1 is 1.33 bits per heavy atom. The van der Waals surface area contributed by atoms with Gasteiger partial charge in [0.05, 0.1) is 5.52 Å². The first-order chi connectivity index (χ1) is 6.91. The molecular weight excluding hydrogens is 234 g/mol. The number of para-hydroxylation sites is 1. The SMILES string of the molecule is Cc1cn(C)c2c(S(=O)(=O)Cl)cccc12. The summed E-state index contributed by atoms with van der Waals surface area (Å²) >= 11 is 0. The number of hydrogen-bond donors (Lipinski definition) is 0. The largest absolute Gasteiger partial charge is 0.349 e. The fourth-order valence-electron chi connectivity index (χ4n) is 1.83. The van der Waals surface area contributed by atoms with Gasteiger partial charge in [-0.3, -0.25) is 0 Å². The number of hydrogen-bond acceptors (Lipinski definition) is 2. The minimum Gasteiger partial charge on any atom is -0.349 e. The molecule has 1 heterocycles. The first-order valence-electron chi connectivity index (χ1n) is 4.40. The molecule has 1 aromatic carbocycles. The van der Waals surface area contributed by atoms with Crippen molar-refractivity contribution in [1.29, 1.82) is 0 Å². The predicted molar refractivity (Wildman–Crippen MR) is 60.7 cm³/mol. The third-order valence-electron chi connectivity index (χ3n) is 2.43. The number of aromatic nitrogens is 1. The van der Waals surface area contributed by atoms with Crippen LogP contribution in [0.5, 0.6) is 0 Å². The lowest BCUT2D eigenvalue weighted by Crippen LogP contribution is -1.95. The van der Waals surface area contributed by atoms with Gasteiger partial charge in [-0.25, -0.2) is 8.42 Å². The standard InChI is InChI=1S/C10H10ClNO2S/c1-7-6-12(2)10-8(7)4-3-5-9(10)15(11,13)14/h3-6H,1-2H3. The molecule has 2 aromatic rings. The molecular formula is C10H10ClNO2S. The Balaban J connectivity index is 3.00. The molecule has 0 atom stereocenters. The molecule has 3 nitrogen and oxygen atoms in total. The van der Waals surface area contributed by atoms with Crippen molar-refractivity contribution in [2.45, 2.75) is 11.8 Å². The smallest absolute Gasteiger partial charge is 0.263 e. The second-order valence-corrected chi connectivity index (χ2v) is 6.05.